The van der Waals surface area contributed by atoms with Crippen molar-refractivity contribution in [3.8, 4) is 0 Å². The van der Waals surface area contributed by atoms with Crippen LogP contribution in [0.5, 0.6) is 0 Å². The van der Waals surface area contributed by atoms with Crippen molar-refractivity contribution in [2.45, 2.75) is 19.4 Å². The third-order valence-corrected chi connectivity index (χ3v) is 2.01. The third-order valence-electron chi connectivity index (χ3n) is 2.01. The van der Waals surface area contributed by atoms with E-state index in [0.29, 0.717) is 12.0 Å². The van der Waals surface area contributed by atoms with Crippen LogP contribution >= 0.6 is 0 Å². The van der Waals surface area contributed by atoms with Gasteiger partial charge in [0.05, 0.1) is 6.61 Å². The van der Waals surface area contributed by atoms with E-state index >= 15 is 0 Å². The van der Waals surface area contributed by atoms with Gasteiger partial charge in [-0.05, 0) is 19.4 Å². The van der Waals surface area contributed by atoms with Crippen molar-refractivity contribution < 1.29 is 4.74 Å². The molecule has 1 N–H and O–H groups in total. The van der Waals surface area contributed by atoms with E-state index in [1.807, 2.05) is 7.05 Å². The summed E-state index contributed by atoms with van der Waals surface area (Å²) in [6.07, 6.45) is 1.16. The molecule has 9 heavy (non-hydrogen) atoms. The molecule has 2 unspecified atom stereocenters. The highest BCUT2D eigenvalue weighted by Crippen LogP contribution is 2.12. The summed E-state index contributed by atoms with van der Waals surface area (Å²) in [5.41, 5.74) is 0. The predicted octanol–water partition coefficient (Wildman–Crippen LogP) is 0.631. The highest BCUT2D eigenvalue weighted by Gasteiger charge is 2.19. The summed E-state index contributed by atoms with van der Waals surface area (Å²) in [5, 5.41) is 3.27. The fourth-order valence-corrected chi connectivity index (χ4v) is 1.31. The van der Waals surface area contributed by atoms with E-state index in [1.165, 1.54) is 0 Å². The molecule has 0 aromatic heterocycles. The van der Waals surface area contributed by atoms with Crippen molar-refractivity contribution >= 4 is 0 Å². The van der Waals surface area contributed by atoms with Gasteiger partial charge in [-0.2, -0.15) is 0 Å². The van der Waals surface area contributed by atoms with Crippen LogP contribution in [0.3, 0.4) is 0 Å². The second kappa shape index (κ2) is 3.18. The lowest BCUT2D eigenvalue weighted by molar-refractivity contribution is 0.0412. The first-order valence-electron chi connectivity index (χ1n) is 3.59. The molecule has 0 aromatic carbocycles. The maximum Gasteiger partial charge on any atom is 0.0506 e. The summed E-state index contributed by atoms with van der Waals surface area (Å²) < 4.78 is 5.27. The molecule has 0 amide bonds. The van der Waals surface area contributed by atoms with Crippen LogP contribution < -0.4 is 5.32 Å². The van der Waals surface area contributed by atoms with Gasteiger partial charge in [-0.1, -0.05) is 6.92 Å². The van der Waals surface area contributed by atoms with Crippen molar-refractivity contribution in [1.29, 1.82) is 0 Å². The van der Waals surface area contributed by atoms with Crippen molar-refractivity contribution in [2.24, 2.45) is 5.92 Å². The summed E-state index contributed by atoms with van der Waals surface area (Å²) >= 11 is 0. The number of hydrogen-bond donors (Lipinski definition) is 1. The molecule has 1 aliphatic heterocycles. The highest BCUT2D eigenvalue weighted by atomic mass is 16.5. The molecule has 1 rings (SSSR count). The molecule has 2 atom stereocenters. The lowest BCUT2D eigenvalue weighted by Crippen LogP contribution is -2.39. The van der Waals surface area contributed by atoms with E-state index in [1.54, 1.807) is 0 Å². The van der Waals surface area contributed by atoms with E-state index in [2.05, 4.69) is 12.2 Å². The van der Waals surface area contributed by atoms with Gasteiger partial charge in [0.1, 0.15) is 0 Å². The first-order chi connectivity index (χ1) is 4.34. The Morgan fingerprint density at radius 1 is 1.56 bits per heavy atom. The van der Waals surface area contributed by atoms with Gasteiger partial charge in [0, 0.05) is 12.6 Å². The SMILES string of the molecule is CNC1CCOCC1C. The van der Waals surface area contributed by atoms with Gasteiger partial charge < -0.3 is 10.1 Å². The van der Waals surface area contributed by atoms with Crippen LogP contribution in [-0.2, 0) is 4.74 Å². The largest absolute Gasteiger partial charge is 0.381 e. The Bertz CT molecular complexity index is 85.0. The molecule has 0 saturated carbocycles. The highest BCUT2D eigenvalue weighted by molar-refractivity contribution is 4.74. The van der Waals surface area contributed by atoms with Gasteiger partial charge in [-0.3, -0.25) is 0 Å². The Balaban J connectivity index is 2.30. The van der Waals surface area contributed by atoms with Gasteiger partial charge in [-0.25, -0.2) is 0 Å². The standard InChI is InChI=1S/C7H15NO/c1-6-5-9-4-3-7(6)8-2/h6-8H,3-5H2,1-2H3. The summed E-state index contributed by atoms with van der Waals surface area (Å²) in [6, 6.07) is 0.679. The Kier molecular flexibility index (Phi) is 2.49. The average molecular weight is 129 g/mol. The van der Waals surface area contributed by atoms with Crippen LogP contribution in [0.15, 0.2) is 0 Å². The van der Waals surface area contributed by atoms with E-state index in [4.69, 9.17) is 4.74 Å². The van der Waals surface area contributed by atoms with Crippen LogP contribution in [0.1, 0.15) is 13.3 Å². The van der Waals surface area contributed by atoms with Gasteiger partial charge in [-0.15, -0.1) is 0 Å². The van der Waals surface area contributed by atoms with E-state index in [9.17, 15) is 0 Å². The Morgan fingerprint density at radius 2 is 2.33 bits per heavy atom. The van der Waals surface area contributed by atoms with E-state index in [0.717, 1.165) is 19.6 Å². The van der Waals surface area contributed by atoms with Crippen LogP contribution in [0.25, 0.3) is 0 Å². The van der Waals surface area contributed by atoms with Crippen LogP contribution in [0, 0.1) is 5.92 Å². The second-order valence-electron chi connectivity index (χ2n) is 2.74. The molecule has 2 heteroatoms. The molecule has 0 bridgehead atoms. The summed E-state index contributed by atoms with van der Waals surface area (Å²) in [5.74, 6) is 0.684. The van der Waals surface area contributed by atoms with E-state index < -0.39 is 0 Å². The molecule has 0 aromatic rings. The quantitative estimate of drug-likeness (QED) is 0.560. The maximum absolute atomic E-state index is 5.27. The van der Waals surface area contributed by atoms with Crippen molar-refractivity contribution in [3.05, 3.63) is 0 Å². The minimum Gasteiger partial charge on any atom is -0.381 e. The Labute approximate surface area is 56.6 Å². The zero-order chi connectivity index (χ0) is 6.69. The fourth-order valence-electron chi connectivity index (χ4n) is 1.31. The number of hydrogen-bond acceptors (Lipinski definition) is 2. The molecule has 2 nitrogen and oxygen atoms in total. The Hall–Kier alpha value is -0.0800. The smallest absolute Gasteiger partial charge is 0.0506 e. The topological polar surface area (TPSA) is 21.3 Å². The molecule has 0 aliphatic carbocycles. The predicted molar refractivity (Wildman–Crippen MR) is 37.4 cm³/mol. The zero-order valence-corrected chi connectivity index (χ0v) is 6.18. The average Bonchev–Trinajstić information content (AvgIpc) is 1.89. The fraction of sp³-hybridized carbons (Fsp3) is 1.00. The minimum atomic E-state index is 0.679. The van der Waals surface area contributed by atoms with Gasteiger partial charge >= 0.3 is 0 Å². The molecule has 54 valence electrons. The lowest BCUT2D eigenvalue weighted by atomic mass is 9.98. The number of nitrogens with one attached hydrogen (secondary N) is 1. The van der Waals surface area contributed by atoms with Crippen LogP contribution in [0.4, 0.5) is 0 Å². The monoisotopic (exact) mass is 129 g/mol. The van der Waals surface area contributed by atoms with Crippen LogP contribution in [0.2, 0.25) is 0 Å². The molecule has 1 aliphatic rings. The number of rotatable bonds is 1. The molecule has 0 radical (unpaired) electrons. The lowest BCUT2D eigenvalue weighted by Gasteiger charge is -2.28. The van der Waals surface area contributed by atoms with E-state index in [-0.39, 0.29) is 0 Å². The summed E-state index contributed by atoms with van der Waals surface area (Å²) in [6.45, 7) is 4.07. The van der Waals surface area contributed by atoms with Gasteiger partial charge in [0.15, 0.2) is 0 Å². The van der Waals surface area contributed by atoms with Gasteiger partial charge in [0.25, 0.3) is 0 Å². The Morgan fingerprint density at radius 3 is 2.78 bits per heavy atom. The third kappa shape index (κ3) is 1.66. The number of ether oxygens (including phenoxy) is 1. The van der Waals surface area contributed by atoms with Crippen molar-refractivity contribution in [1.82, 2.24) is 5.32 Å². The molecular weight excluding hydrogens is 114 g/mol. The summed E-state index contributed by atoms with van der Waals surface area (Å²) in [7, 11) is 2.02. The molecule has 1 heterocycles. The normalized spacial score (nSPS) is 36.7. The van der Waals surface area contributed by atoms with Crippen molar-refractivity contribution in [3.63, 3.8) is 0 Å². The van der Waals surface area contributed by atoms with Crippen molar-refractivity contribution in [2.75, 3.05) is 20.3 Å². The summed E-state index contributed by atoms with van der Waals surface area (Å²) in [4.78, 5) is 0. The molecular formula is C7H15NO. The second-order valence-corrected chi connectivity index (χ2v) is 2.74. The molecule has 0 spiro atoms. The molecule has 1 fully saturated rings. The molecule has 1 saturated heterocycles. The van der Waals surface area contributed by atoms with Gasteiger partial charge in [0.2, 0.25) is 0 Å². The first kappa shape index (κ1) is 7.03. The zero-order valence-electron chi connectivity index (χ0n) is 6.18. The minimum absolute atomic E-state index is 0.679. The first-order valence-corrected chi connectivity index (χ1v) is 3.59. The van der Waals surface area contributed by atoms with Crippen LogP contribution in [-0.4, -0.2) is 26.3 Å². The maximum atomic E-state index is 5.27.